The number of thiazole rings is 1. The zero-order valence-corrected chi connectivity index (χ0v) is 10.2. The van der Waals surface area contributed by atoms with Crippen LogP contribution in [0.5, 0.6) is 0 Å². The molecular weight excluding hydrogens is 244 g/mol. The van der Waals surface area contributed by atoms with Gasteiger partial charge >= 0.3 is 0 Å². The van der Waals surface area contributed by atoms with Gasteiger partial charge in [0.25, 0.3) is 0 Å². The van der Waals surface area contributed by atoms with E-state index in [2.05, 4.69) is 9.71 Å². The molecule has 0 spiro atoms. The van der Waals surface area contributed by atoms with Crippen molar-refractivity contribution in [1.29, 1.82) is 0 Å². The van der Waals surface area contributed by atoms with Crippen LogP contribution in [0.25, 0.3) is 10.6 Å². The summed E-state index contributed by atoms with van der Waals surface area (Å²) >= 11 is 1.52. The fourth-order valence-electron chi connectivity index (χ4n) is 1.26. The summed E-state index contributed by atoms with van der Waals surface area (Å²) in [5.41, 5.74) is 0.921. The summed E-state index contributed by atoms with van der Waals surface area (Å²) in [5, 5.41) is 2.77. The standard InChI is InChI=1S/C10H10N2O2S2/c1-11-16(13,14)9-4-2-8(3-5-9)10-12-6-7-15-10/h2-7,11H,1H3. The number of hydrogen-bond donors (Lipinski definition) is 1. The smallest absolute Gasteiger partial charge is 0.240 e. The van der Waals surface area contributed by atoms with Gasteiger partial charge in [0, 0.05) is 17.1 Å². The molecule has 16 heavy (non-hydrogen) atoms. The molecule has 2 rings (SSSR count). The summed E-state index contributed by atoms with van der Waals surface area (Å²) in [4.78, 5) is 4.41. The van der Waals surface area contributed by atoms with Crippen LogP contribution in [-0.4, -0.2) is 20.4 Å². The third kappa shape index (κ3) is 2.13. The molecule has 0 aliphatic carbocycles. The number of nitrogens with zero attached hydrogens (tertiary/aromatic N) is 1. The number of nitrogens with one attached hydrogen (secondary N) is 1. The van der Waals surface area contributed by atoms with Crippen molar-refractivity contribution in [3.8, 4) is 10.6 Å². The zero-order valence-electron chi connectivity index (χ0n) is 8.54. The van der Waals surface area contributed by atoms with Crippen LogP contribution in [0.15, 0.2) is 40.7 Å². The summed E-state index contributed by atoms with van der Waals surface area (Å²) in [6, 6.07) is 6.65. The molecule has 84 valence electrons. The molecule has 1 aromatic heterocycles. The van der Waals surface area contributed by atoms with Gasteiger partial charge in [-0.15, -0.1) is 11.3 Å². The molecule has 0 atom stereocenters. The van der Waals surface area contributed by atoms with E-state index < -0.39 is 10.0 Å². The number of benzene rings is 1. The molecule has 0 aliphatic heterocycles. The Morgan fingerprint density at radius 3 is 2.44 bits per heavy atom. The Morgan fingerprint density at radius 2 is 1.94 bits per heavy atom. The average Bonchev–Trinajstić information content (AvgIpc) is 2.83. The lowest BCUT2D eigenvalue weighted by molar-refractivity contribution is 0.588. The minimum Gasteiger partial charge on any atom is -0.245 e. The molecule has 0 fully saturated rings. The van der Waals surface area contributed by atoms with Gasteiger partial charge in [0.15, 0.2) is 0 Å². The lowest BCUT2D eigenvalue weighted by atomic mass is 10.2. The third-order valence-corrected chi connectivity index (χ3v) is 4.37. The van der Waals surface area contributed by atoms with Gasteiger partial charge in [-0.3, -0.25) is 0 Å². The molecule has 2 aromatic rings. The molecule has 4 nitrogen and oxygen atoms in total. The quantitative estimate of drug-likeness (QED) is 0.907. The van der Waals surface area contributed by atoms with Crippen molar-refractivity contribution in [1.82, 2.24) is 9.71 Å². The number of hydrogen-bond acceptors (Lipinski definition) is 4. The molecule has 0 unspecified atom stereocenters. The fraction of sp³-hybridized carbons (Fsp3) is 0.100. The normalized spacial score (nSPS) is 11.6. The highest BCUT2D eigenvalue weighted by molar-refractivity contribution is 7.89. The number of aromatic nitrogens is 1. The maximum Gasteiger partial charge on any atom is 0.240 e. The Morgan fingerprint density at radius 1 is 1.25 bits per heavy atom. The Bertz CT molecular complexity index is 559. The van der Waals surface area contributed by atoms with Gasteiger partial charge in [0.05, 0.1) is 4.90 Å². The van der Waals surface area contributed by atoms with Crippen LogP contribution < -0.4 is 4.72 Å². The molecular formula is C10H10N2O2S2. The van der Waals surface area contributed by atoms with Crippen LogP contribution in [0.4, 0.5) is 0 Å². The highest BCUT2D eigenvalue weighted by Crippen LogP contribution is 2.22. The van der Waals surface area contributed by atoms with E-state index in [-0.39, 0.29) is 4.90 Å². The van der Waals surface area contributed by atoms with Crippen LogP contribution in [0.1, 0.15) is 0 Å². The van der Waals surface area contributed by atoms with Crippen molar-refractivity contribution in [2.75, 3.05) is 7.05 Å². The second-order valence-corrected chi connectivity index (χ2v) is 5.85. The Balaban J connectivity index is 2.38. The molecule has 1 aromatic carbocycles. The highest BCUT2D eigenvalue weighted by atomic mass is 32.2. The van der Waals surface area contributed by atoms with E-state index in [1.165, 1.54) is 18.4 Å². The molecule has 0 radical (unpaired) electrons. The maximum atomic E-state index is 11.5. The minimum atomic E-state index is -3.35. The summed E-state index contributed by atoms with van der Waals surface area (Å²) in [6.45, 7) is 0. The second-order valence-electron chi connectivity index (χ2n) is 3.07. The Hall–Kier alpha value is -1.24. The van der Waals surface area contributed by atoms with Crippen molar-refractivity contribution in [3.63, 3.8) is 0 Å². The van der Waals surface area contributed by atoms with Gasteiger partial charge < -0.3 is 0 Å². The van der Waals surface area contributed by atoms with Crippen molar-refractivity contribution >= 4 is 21.4 Å². The summed E-state index contributed by atoms with van der Waals surface area (Å²) in [5.74, 6) is 0. The largest absolute Gasteiger partial charge is 0.245 e. The first-order valence-electron chi connectivity index (χ1n) is 4.57. The van der Waals surface area contributed by atoms with E-state index >= 15 is 0 Å². The third-order valence-electron chi connectivity index (χ3n) is 2.11. The molecule has 0 saturated heterocycles. The van der Waals surface area contributed by atoms with Crippen molar-refractivity contribution in [3.05, 3.63) is 35.8 Å². The van der Waals surface area contributed by atoms with Crippen LogP contribution in [0.3, 0.4) is 0 Å². The first kappa shape index (κ1) is 11.3. The predicted molar refractivity (Wildman–Crippen MR) is 63.8 cm³/mol. The average molecular weight is 254 g/mol. The van der Waals surface area contributed by atoms with E-state index in [1.54, 1.807) is 30.5 Å². The van der Waals surface area contributed by atoms with E-state index in [4.69, 9.17) is 0 Å². The lowest BCUT2D eigenvalue weighted by Gasteiger charge is -2.02. The summed E-state index contributed by atoms with van der Waals surface area (Å²) in [7, 11) is -1.96. The van der Waals surface area contributed by atoms with Gasteiger partial charge in [-0.05, 0) is 19.2 Å². The maximum absolute atomic E-state index is 11.5. The van der Waals surface area contributed by atoms with Crippen molar-refractivity contribution < 1.29 is 8.42 Å². The lowest BCUT2D eigenvalue weighted by Crippen LogP contribution is -2.18. The molecule has 6 heteroatoms. The number of sulfonamides is 1. The van der Waals surface area contributed by atoms with E-state index in [1.807, 2.05) is 5.38 Å². The molecule has 1 heterocycles. The first-order valence-corrected chi connectivity index (χ1v) is 6.93. The Labute approximate surface area is 98.0 Å². The van der Waals surface area contributed by atoms with Gasteiger partial charge in [-0.25, -0.2) is 18.1 Å². The molecule has 0 saturated carbocycles. The zero-order chi connectivity index (χ0) is 11.6. The second kappa shape index (κ2) is 4.32. The van der Waals surface area contributed by atoms with Crippen LogP contribution in [-0.2, 0) is 10.0 Å². The monoisotopic (exact) mass is 254 g/mol. The van der Waals surface area contributed by atoms with Gasteiger partial charge in [0.2, 0.25) is 10.0 Å². The fourth-order valence-corrected chi connectivity index (χ4v) is 2.64. The van der Waals surface area contributed by atoms with E-state index in [0.717, 1.165) is 10.6 Å². The molecule has 0 amide bonds. The van der Waals surface area contributed by atoms with Crippen molar-refractivity contribution in [2.45, 2.75) is 4.90 Å². The predicted octanol–water partition coefficient (Wildman–Crippen LogP) is 1.72. The van der Waals surface area contributed by atoms with Crippen LogP contribution in [0, 0.1) is 0 Å². The highest BCUT2D eigenvalue weighted by Gasteiger charge is 2.10. The van der Waals surface area contributed by atoms with Crippen LogP contribution >= 0.6 is 11.3 Å². The summed E-state index contributed by atoms with van der Waals surface area (Å²) in [6.07, 6.45) is 1.72. The van der Waals surface area contributed by atoms with Gasteiger partial charge in [-0.1, -0.05) is 12.1 Å². The van der Waals surface area contributed by atoms with Crippen LogP contribution in [0.2, 0.25) is 0 Å². The first-order chi connectivity index (χ1) is 7.63. The summed E-state index contributed by atoms with van der Waals surface area (Å²) < 4.78 is 25.2. The van der Waals surface area contributed by atoms with E-state index in [9.17, 15) is 8.42 Å². The van der Waals surface area contributed by atoms with Gasteiger partial charge in [-0.2, -0.15) is 0 Å². The SMILES string of the molecule is CNS(=O)(=O)c1ccc(-c2nccs2)cc1. The molecule has 0 aliphatic rings. The number of rotatable bonds is 3. The molecule has 1 N–H and O–H groups in total. The van der Waals surface area contributed by atoms with Gasteiger partial charge in [0.1, 0.15) is 5.01 Å². The Kier molecular flexibility index (Phi) is 3.04. The van der Waals surface area contributed by atoms with E-state index in [0.29, 0.717) is 0 Å². The van der Waals surface area contributed by atoms with Crippen molar-refractivity contribution in [2.24, 2.45) is 0 Å². The minimum absolute atomic E-state index is 0.260. The molecule has 0 bridgehead atoms. The topological polar surface area (TPSA) is 59.1 Å².